The number of carbonyl (C=O) groups excluding carboxylic acids is 4. The van der Waals surface area contributed by atoms with Crippen LogP contribution < -0.4 is 5.32 Å². The van der Waals surface area contributed by atoms with E-state index in [1.54, 1.807) is 16.8 Å². The number of thiophene rings is 1. The minimum atomic E-state index is -4.50. The fourth-order valence-electron chi connectivity index (χ4n) is 4.73. The van der Waals surface area contributed by atoms with Crippen LogP contribution in [0.3, 0.4) is 0 Å². The highest BCUT2D eigenvalue weighted by Gasteiger charge is 2.55. The van der Waals surface area contributed by atoms with Crippen molar-refractivity contribution in [2.45, 2.75) is 51.7 Å². The van der Waals surface area contributed by atoms with Gasteiger partial charge in [-0.1, -0.05) is 20.8 Å². The Labute approximate surface area is 213 Å². The summed E-state index contributed by atoms with van der Waals surface area (Å²) >= 11 is 1.36. The van der Waals surface area contributed by atoms with Gasteiger partial charge in [-0.05, 0) is 41.8 Å². The van der Waals surface area contributed by atoms with Crippen molar-refractivity contribution in [2.75, 3.05) is 13.1 Å². The molecule has 2 aliphatic rings. The second kappa shape index (κ2) is 9.83. The fourth-order valence-corrected chi connectivity index (χ4v) is 6.87. The Bertz CT molecular complexity index is 1270. The van der Waals surface area contributed by atoms with E-state index >= 15 is 0 Å². The van der Waals surface area contributed by atoms with Crippen molar-refractivity contribution >= 4 is 44.1 Å². The van der Waals surface area contributed by atoms with Gasteiger partial charge in [-0.25, -0.2) is 8.42 Å². The quantitative estimate of drug-likeness (QED) is 0.599. The summed E-state index contributed by atoms with van der Waals surface area (Å²) in [7, 11) is -4.50. The molecule has 3 atom stereocenters. The molecule has 0 bridgehead atoms. The topological polar surface area (TPSA) is 134 Å². The fraction of sp³-hybridized carbons (Fsp3) is 0.458. The summed E-state index contributed by atoms with van der Waals surface area (Å²) in [6.45, 7) is 5.47. The van der Waals surface area contributed by atoms with Crippen LogP contribution in [0.1, 0.15) is 54.3 Å². The predicted octanol–water partition coefficient (Wildman–Crippen LogP) is 1.70. The van der Waals surface area contributed by atoms with Crippen molar-refractivity contribution in [1.82, 2.24) is 19.5 Å². The van der Waals surface area contributed by atoms with Crippen molar-refractivity contribution in [3.05, 3.63) is 52.5 Å². The molecule has 2 aliphatic heterocycles. The van der Waals surface area contributed by atoms with Gasteiger partial charge < -0.3 is 10.2 Å². The molecule has 0 saturated carbocycles. The highest BCUT2D eigenvalue weighted by atomic mass is 32.2. The Kier molecular flexibility index (Phi) is 7.13. The van der Waals surface area contributed by atoms with E-state index in [1.807, 2.05) is 20.8 Å². The van der Waals surface area contributed by atoms with Gasteiger partial charge in [0, 0.05) is 24.3 Å². The van der Waals surface area contributed by atoms with Crippen LogP contribution in [0.15, 0.2) is 41.4 Å². The van der Waals surface area contributed by atoms with Gasteiger partial charge in [-0.3, -0.25) is 24.2 Å². The first kappa shape index (κ1) is 26.1. The average Bonchev–Trinajstić information content (AvgIpc) is 3.56. The number of fused-ring (bicyclic) bond motifs is 1. The van der Waals surface area contributed by atoms with Crippen LogP contribution in [-0.4, -0.2) is 76.5 Å². The number of likely N-dealkylation sites (tertiary alicyclic amines) is 1. The number of pyridine rings is 1. The Morgan fingerprint density at radius 1 is 1.22 bits per heavy atom. The first-order chi connectivity index (χ1) is 16.9. The molecular weight excluding hydrogens is 504 g/mol. The highest BCUT2D eigenvalue weighted by molar-refractivity contribution is 8.04. The van der Waals surface area contributed by atoms with Crippen LogP contribution in [0.4, 0.5) is 0 Å². The number of amides is 2. The molecule has 2 saturated heterocycles. The number of ketones is 1. The molecule has 2 aromatic heterocycles. The summed E-state index contributed by atoms with van der Waals surface area (Å²) in [5, 5.41) is 5.11. The lowest BCUT2D eigenvalue weighted by molar-refractivity contribution is -0.138. The van der Waals surface area contributed by atoms with E-state index in [1.165, 1.54) is 34.6 Å². The third kappa shape index (κ3) is 5.11. The van der Waals surface area contributed by atoms with Crippen molar-refractivity contribution in [3.8, 4) is 0 Å². The van der Waals surface area contributed by atoms with Gasteiger partial charge in [0.15, 0.2) is 5.78 Å². The average molecular weight is 533 g/mol. The smallest absolute Gasteiger partial charge is 0.293 e. The summed E-state index contributed by atoms with van der Waals surface area (Å²) < 4.78 is 27.2. The molecule has 192 valence electrons. The summed E-state index contributed by atoms with van der Waals surface area (Å²) in [4.78, 5) is 57.3. The lowest BCUT2D eigenvalue weighted by Crippen LogP contribution is -2.53. The molecule has 0 radical (unpaired) electrons. The Morgan fingerprint density at radius 3 is 2.58 bits per heavy atom. The molecule has 1 N–H and O–H groups in total. The largest absolute Gasteiger partial charge is 0.340 e. The van der Waals surface area contributed by atoms with Crippen LogP contribution in [0.5, 0.6) is 0 Å². The lowest BCUT2D eigenvalue weighted by atomic mass is 9.87. The van der Waals surface area contributed by atoms with E-state index in [-0.39, 0.29) is 23.9 Å². The Hall–Kier alpha value is -2.96. The monoisotopic (exact) mass is 532 g/mol. The van der Waals surface area contributed by atoms with E-state index in [0.29, 0.717) is 12.0 Å². The van der Waals surface area contributed by atoms with Crippen LogP contribution in [-0.2, 0) is 19.6 Å². The minimum absolute atomic E-state index is 0.0966. The number of nitrogens with zero attached hydrogens (tertiary/aromatic N) is 3. The van der Waals surface area contributed by atoms with Gasteiger partial charge in [0.25, 0.3) is 21.0 Å². The summed E-state index contributed by atoms with van der Waals surface area (Å²) in [6.07, 6.45) is 3.12. The molecule has 2 aromatic rings. The number of nitrogens with one attached hydrogen (secondary N) is 1. The van der Waals surface area contributed by atoms with Gasteiger partial charge in [0.05, 0.1) is 23.7 Å². The zero-order valence-corrected chi connectivity index (χ0v) is 21.8. The first-order valence-electron chi connectivity index (χ1n) is 11.5. The van der Waals surface area contributed by atoms with Crippen LogP contribution >= 0.6 is 11.3 Å². The highest BCUT2D eigenvalue weighted by Crippen LogP contribution is 2.34. The number of Topliss-reactive ketones (excluding diaryl/α,β-unsaturated/α-hetero) is 1. The summed E-state index contributed by atoms with van der Waals surface area (Å²) in [5.74, 6) is -1.28. The van der Waals surface area contributed by atoms with Gasteiger partial charge in [-0.2, -0.15) is 15.6 Å². The zero-order chi connectivity index (χ0) is 26.3. The number of aromatic nitrogens is 1. The predicted molar refractivity (Wildman–Crippen MR) is 133 cm³/mol. The molecule has 4 rings (SSSR count). The van der Waals surface area contributed by atoms with E-state index in [4.69, 9.17) is 0 Å². The SMILES string of the molecule is CC(C)(C)CC(NC(=O)c1ccsc1)C(=O)N1CCC2C1C(=O)CN2S(=O)(=O)C(=O)c1cccnc1. The van der Waals surface area contributed by atoms with Gasteiger partial charge >= 0.3 is 0 Å². The molecule has 12 heteroatoms. The van der Waals surface area contributed by atoms with Crippen molar-refractivity contribution in [3.63, 3.8) is 0 Å². The van der Waals surface area contributed by atoms with Gasteiger partial charge in [0.2, 0.25) is 5.91 Å². The standard InChI is InChI=1S/C24H28N4O6S2/c1-24(2,3)11-17(26-21(30)16-7-10-35-14-16)22(31)27-9-6-18-20(27)19(29)13-28(18)36(33,34)23(32)15-5-4-8-25-12-15/h4-5,7-8,10,12,14,17-18,20H,6,9,11,13H2,1-3H3,(H,26,30). The zero-order valence-electron chi connectivity index (χ0n) is 20.2. The van der Waals surface area contributed by atoms with Gasteiger partial charge in [0.1, 0.15) is 12.1 Å². The van der Waals surface area contributed by atoms with E-state index < -0.39 is 57.4 Å². The molecule has 3 unspecified atom stereocenters. The Balaban J connectivity index is 1.56. The minimum Gasteiger partial charge on any atom is -0.340 e. The molecule has 0 spiro atoms. The lowest BCUT2D eigenvalue weighted by Gasteiger charge is -2.31. The Morgan fingerprint density at radius 2 is 1.97 bits per heavy atom. The molecule has 10 nitrogen and oxygen atoms in total. The molecule has 36 heavy (non-hydrogen) atoms. The molecule has 2 fully saturated rings. The maximum Gasteiger partial charge on any atom is 0.293 e. The van der Waals surface area contributed by atoms with Crippen molar-refractivity contribution in [1.29, 1.82) is 0 Å². The third-order valence-corrected chi connectivity index (χ3v) is 8.71. The van der Waals surface area contributed by atoms with Gasteiger partial charge in [-0.15, -0.1) is 0 Å². The maximum absolute atomic E-state index is 13.6. The molecule has 0 aromatic carbocycles. The van der Waals surface area contributed by atoms with Crippen LogP contribution in [0.25, 0.3) is 0 Å². The molecule has 2 amide bonds. The third-order valence-electron chi connectivity index (χ3n) is 6.30. The van der Waals surface area contributed by atoms with Crippen molar-refractivity contribution < 1.29 is 27.6 Å². The van der Waals surface area contributed by atoms with E-state index in [2.05, 4.69) is 10.3 Å². The number of carbonyl (C=O) groups is 4. The normalized spacial score (nSPS) is 21.3. The molecule has 4 heterocycles. The van der Waals surface area contributed by atoms with Crippen LogP contribution in [0, 0.1) is 5.41 Å². The number of hydrogen-bond acceptors (Lipinski definition) is 8. The second-order valence-corrected chi connectivity index (χ2v) is 12.8. The molecule has 0 aliphatic carbocycles. The van der Waals surface area contributed by atoms with E-state index in [0.717, 1.165) is 10.5 Å². The number of rotatable bonds is 6. The second-order valence-electron chi connectivity index (χ2n) is 10.2. The van der Waals surface area contributed by atoms with Crippen LogP contribution in [0.2, 0.25) is 0 Å². The van der Waals surface area contributed by atoms with Crippen molar-refractivity contribution in [2.24, 2.45) is 5.41 Å². The number of sulfonamides is 1. The summed E-state index contributed by atoms with van der Waals surface area (Å²) in [5.41, 5.74) is 0.0295. The molecular formula is C24H28N4O6S2. The maximum atomic E-state index is 13.6. The van der Waals surface area contributed by atoms with E-state index in [9.17, 15) is 27.6 Å². The summed E-state index contributed by atoms with van der Waals surface area (Å²) in [6, 6.07) is 1.72. The number of hydrogen-bond donors (Lipinski definition) is 1. The first-order valence-corrected chi connectivity index (χ1v) is 13.9.